The van der Waals surface area contributed by atoms with Crippen molar-refractivity contribution in [1.82, 2.24) is 0 Å². The average Bonchev–Trinajstić information content (AvgIpc) is 2.46. The lowest BCUT2D eigenvalue weighted by Gasteiger charge is -2.18. The number of hydrogen-bond acceptors (Lipinski definition) is 2. The number of benzene rings is 2. The molecule has 0 aliphatic heterocycles. The van der Waals surface area contributed by atoms with Gasteiger partial charge < -0.3 is 9.47 Å². The molecular formula is C17H19BrO2. The van der Waals surface area contributed by atoms with Crippen molar-refractivity contribution >= 4 is 15.9 Å². The minimum atomic E-state index is 0.142. The maximum atomic E-state index is 5.38. The lowest BCUT2D eigenvalue weighted by Crippen LogP contribution is -2.00. The van der Waals surface area contributed by atoms with Crippen molar-refractivity contribution in [2.24, 2.45) is 0 Å². The Morgan fingerprint density at radius 1 is 0.900 bits per heavy atom. The van der Waals surface area contributed by atoms with Crippen molar-refractivity contribution in [3.63, 3.8) is 0 Å². The molecule has 20 heavy (non-hydrogen) atoms. The number of halogens is 1. The van der Waals surface area contributed by atoms with E-state index in [9.17, 15) is 0 Å². The summed E-state index contributed by atoms with van der Waals surface area (Å²) < 4.78 is 10.7. The zero-order chi connectivity index (χ0) is 14.7. The Labute approximate surface area is 128 Å². The van der Waals surface area contributed by atoms with Gasteiger partial charge in [0.1, 0.15) is 0 Å². The fourth-order valence-corrected chi connectivity index (χ4v) is 3.41. The van der Waals surface area contributed by atoms with Gasteiger partial charge in [-0.15, -0.1) is 0 Å². The molecule has 2 aromatic carbocycles. The maximum absolute atomic E-state index is 5.38. The molecule has 0 spiro atoms. The molecule has 2 rings (SSSR count). The van der Waals surface area contributed by atoms with Crippen LogP contribution in [-0.2, 0) is 0 Å². The molecule has 1 atom stereocenters. The van der Waals surface area contributed by atoms with Crippen LogP contribution in [0.25, 0.3) is 0 Å². The quantitative estimate of drug-likeness (QED) is 0.747. The summed E-state index contributed by atoms with van der Waals surface area (Å²) in [5.41, 5.74) is 5.02. The van der Waals surface area contributed by atoms with Gasteiger partial charge in [-0.3, -0.25) is 0 Å². The highest BCUT2D eigenvalue weighted by molar-refractivity contribution is 9.09. The third-order valence-electron chi connectivity index (χ3n) is 3.50. The van der Waals surface area contributed by atoms with Gasteiger partial charge in [-0.05, 0) is 48.2 Å². The van der Waals surface area contributed by atoms with Gasteiger partial charge in [-0.2, -0.15) is 0 Å². The van der Waals surface area contributed by atoms with Crippen LogP contribution < -0.4 is 9.47 Å². The number of methoxy groups -OCH3 is 2. The SMILES string of the molecule is COc1ccc(C(Br)c2c(C)cccc2C)cc1OC. The molecule has 0 saturated carbocycles. The number of alkyl halides is 1. The van der Waals surface area contributed by atoms with Crippen LogP contribution in [0.15, 0.2) is 36.4 Å². The molecule has 0 aromatic heterocycles. The molecule has 0 heterocycles. The number of ether oxygens (including phenoxy) is 2. The van der Waals surface area contributed by atoms with Crippen LogP contribution in [0.1, 0.15) is 27.1 Å². The van der Waals surface area contributed by atoms with Crippen LogP contribution in [0.3, 0.4) is 0 Å². The van der Waals surface area contributed by atoms with E-state index >= 15 is 0 Å². The van der Waals surface area contributed by atoms with Gasteiger partial charge in [0.25, 0.3) is 0 Å². The van der Waals surface area contributed by atoms with Crippen LogP contribution >= 0.6 is 15.9 Å². The van der Waals surface area contributed by atoms with Crippen molar-refractivity contribution in [2.45, 2.75) is 18.7 Å². The van der Waals surface area contributed by atoms with Gasteiger partial charge in [-0.25, -0.2) is 0 Å². The van der Waals surface area contributed by atoms with E-state index in [1.54, 1.807) is 14.2 Å². The third kappa shape index (κ3) is 2.83. The van der Waals surface area contributed by atoms with E-state index < -0.39 is 0 Å². The lowest BCUT2D eigenvalue weighted by atomic mass is 9.96. The predicted molar refractivity (Wildman–Crippen MR) is 86.2 cm³/mol. The van der Waals surface area contributed by atoms with E-state index in [0.29, 0.717) is 0 Å². The Bertz CT molecular complexity index is 588. The van der Waals surface area contributed by atoms with E-state index in [0.717, 1.165) is 17.1 Å². The first-order valence-electron chi connectivity index (χ1n) is 6.50. The molecule has 106 valence electrons. The van der Waals surface area contributed by atoms with E-state index in [1.807, 2.05) is 12.1 Å². The van der Waals surface area contributed by atoms with Gasteiger partial charge in [0, 0.05) is 0 Å². The summed E-state index contributed by atoms with van der Waals surface area (Å²) in [6.07, 6.45) is 0. The van der Waals surface area contributed by atoms with Crippen molar-refractivity contribution in [1.29, 1.82) is 0 Å². The van der Waals surface area contributed by atoms with Gasteiger partial charge >= 0.3 is 0 Å². The molecule has 0 aliphatic rings. The van der Waals surface area contributed by atoms with Crippen molar-refractivity contribution in [3.05, 3.63) is 58.7 Å². The van der Waals surface area contributed by atoms with Gasteiger partial charge in [0.2, 0.25) is 0 Å². The third-order valence-corrected chi connectivity index (χ3v) is 4.48. The summed E-state index contributed by atoms with van der Waals surface area (Å²) >= 11 is 3.81. The number of hydrogen-bond donors (Lipinski definition) is 0. The fourth-order valence-electron chi connectivity index (χ4n) is 2.40. The second-order valence-corrected chi connectivity index (χ2v) is 5.70. The summed E-state index contributed by atoms with van der Waals surface area (Å²) in [6, 6.07) is 12.4. The molecular weight excluding hydrogens is 316 g/mol. The largest absolute Gasteiger partial charge is 0.493 e. The first-order valence-corrected chi connectivity index (χ1v) is 7.42. The molecule has 2 nitrogen and oxygen atoms in total. The summed E-state index contributed by atoms with van der Waals surface area (Å²) in [5.74, 6) is 1.50. The van der Waals surface area contributed by atoms with E-state index in [-0.39, 0.29) is 4.83 Å². The van der Waals surface area contributed by atoms with Crippen LogP contribution in [0.2, 0.25) is 0 Å². The molecule has 2 aromatic rings. The summed E-state index contributed by atoms with van der Waals surface area (Å²) in [5, 5.41) is 0. The molecule has 0 fully saturated rings. The molecule has 0 aliphatic carbocycles. The standard InChI is InChI=1S/C17H19BrO2/c1-11-6-5-7-12(2)16(11)17(18)13-8-9-14(19-3)15(10-13)20-4/h5-10,17H,1-4H3. The van der Waals surface area contributed by atoms with Gasteiger partial charge in [0.15, 0.2) is 11.5 Å². The minimum absolute atomic E-state index is 0.142. The molecule has 0 amide bonds. The maximum Gasteiger partial charge on any atom is 0.161 e. The highest BCUT2D eigenvalue weighted by atomic mass is 79.9. The second kappa shape index (κ2) is 6.31. The molecule has 0 radical (unpaired) electrons. The van der Waals surface area contributed by atoms with Crippen molar-refractivity contribution in [2.75, 3.05) is 14.2 Å². The number of aryl methyl sites for hydroxylation is 2. The van der Waals surface area contributed by atoms with E-state index in [1.165, 1.54) is 16.7 Å². The zero-order valence-electron chi connectivity index (χ0n) is 12.2. The molecule has 0 N–H and O–H groups in total. The normalized spacial score (nSPS) is 12.1. The molecule has 0 bridgehead atoms. The van der Waals surface area contributed by atoms with E-state index in [2.05, 4.69) is 54.0 Å². The van der Waals surface area contributed by atoms with Crippen molar-refractivity contribution < 1.29 is 9.47 Å². The van der Waals surface area contributed by atoms with Crippen LogP contribution in [0.4, 0.5) is 0 Å². The highest BCUT2D eigenvalue weighted by Gasteiger charge is 2.17. The lowest BCUT2D eigenvalue weighted by molar-refractivity contribution is 0.354. The monoisotopic (exact) mass is 334 g/mol. The molecule has 3 heteroatoms. The predicted octanol–water partition coefficient (Wildman–Crippen LogP) is 4.80. The highest BCUT2D eigenvalue weighted by Crippen LogP contribution is 2.38. The first-order chi connectivity index (χ1) is 9.58. The van der Waals surface area contributed by atoms with E-state index in [4.69, 9.17) is 9.47 Å². The van der Waals surface area contributed by atoms with Crippen LogP contribution in [0.5, 0.6) is 11.5 Å². The van der Waals surface area contributed by atoms with Crippen molar-refractivity contribution in [3.8, 4) is 11.5 Å². The zero-order valence-corrected chi connectivity index (χ0v) is 13.8. The molecule has 0 saturated heterocycles. The Kier molecular flexibility index (Phi) is 4.71. The first kappa shape index (κ1) is 14.9. The Balaban J connectivity index is 2.46. The van der Waals surface area contributed by atoms with Crippen LogP contribution in [-0.4, -0.2) is 14.2 Å². The Morgan fingerprint density at radius 3 is 2.05 bits per heavy atom. The van der Waals surface area contributed by atoms with Crippen LogP contribution in [0, 0.1) is 13.8 Å². The second-order valence-electron chi connectivity index (χ2n) is 4.78. The molecule has 1 unspecified atom stereocenters. The van der Waals surface area contributed by atoms with Gasteiger partial charge in [0.05, 0.1) is 19.0 Å². The minimum Gasteiger partial charge on any atom is -0.493 e. The smallest absolute Gasteiger partial charge is 0.161 e. The Morgan fingerprint density at radius 2 is 1.50 bits per heavy atom. The number of rotatable bonds is 4. The fraction of sp³-hybridized carbons (Fsp3) is 0.294. The summed E-state index contributed by atoms with van der Waals surface area (Å²) in [4.78, 5) is 0.142. The topological polar surface area (TPSA) is 18.5 Å². The van der Waals surface area contributed by atoms with Gasteiger partial charge in [-0.1, -0.05) is 40.2 Å². The average molecular weight is 335 g/mol. The summed E-state index contributed by atoms with van der Waals surface area (Å²) in [7, 11) is 3.30. The summed E-state index contributed by atoms with van der Waals surface area (Å²) in [6.45, 7) is 4.27. The Hall–Kier alpha value is -1.48.